The minimum atomic E-state index is -0.167. The molecule has 2 aromatic carbocycles. The van der Waals surface area contributed by atoms with Crippen LogP contribution in [0.25, 0.3) is 21.8 Å². The minimum absolute atomic E-state index is 0.167. The number of nitrogens with one attached hydrogen (secondary N) is 1. The van der Waals surface area contributed by atoms with Crippen LogP contribution in [0.2, 0.25) is 0 Å². The molecule has 0 unspecified atom stereocenters. The SMILES string of the molecule is Cc1cc2c(N)nccc2c(C)c1CNC(=O)c1cnn(Cc2ccc3nc(C)c(C)nc3c2)c1. The zero-order chi connectivity index (χ0) is 24.7. The molecule has 0 spiro atoms. The van der Waals surface area contributed by atoms with Crippen molar-refractivity contribution >= 4 is 33.5 Å². The van der Waals surface area contributed by atoms with Gasteiger partial charge < -0.3 is 11.1 Å². The van der Waals surface area contributed by atoms with Gasteiger partial charge in [0.15, 0.2) is 0 Å². The van der Waals surface area contributed by atoms with Crippen molar-refractivity contribution in [1.29, 1.82) is 0 Å². The van der Waals surface area contributed by atoms with E-state index in [-0.39, 0.29) is 5.91 Å². The average Bonchev–Trinajstić information content (AvgIpc) is 3.29. The maximum Gasteiger partial charge on any atom is 0.254 e. The molecule has 0 bridgehead atoms. The number of aryl methyl sites for hydroxylation is 4. The first-order chi connectivity index (χ1) is 16.8. The number of pyridine rings is 1. The first-order valence-electron chi connectivity index (χ1n) is 11.5. The lowest BCUT2D eigenvalue weighted by Crippen LogP contribution is -2.23. The van der Waals surface area contributed by atoms with Crippen LogP contribution in [0.3, 0.4) is 0 Å². The zero-order valence-electron chi connectivity index (χ0n) is 20.3. The van der Waals surface area contributed by atoms with Gasteiger partial charge in [-0.2, -0.15) is 5.10 Å². The van der Waals surface area contributed by atoms with Crippen LogP contribution in [0.5, 0.6) is 0 Å². The van der Waals surface area contributed by atoms with E-state index in [9.17, 15) is 4.79 Å². The predicted octanol–water partition coefficient (Wildman–Crippen LogP) is 4.17. The van der Waals surface area contributed by atoms with Crippen molar-refractivity contribution in [3.8, 4) is 0 Å². The van der Waals surface area contributed by atoms with Gasteiger partial charge in [0.25, 0.3) is 5.91 Å². The highest BCUT2D eigenvalue weighted by atomic mass is 16.1. The molecule has 0 aliphatic carbocycles. The number of hydrogen-bond acceptors (Lipinski definition) is 6. The van der Waals surface area contributed by atoms with Crippen LogP contribution in [0.4, 0.5) is 5.82 Å². The van der Waals surface area contributed by atoms with E-state index in [1.54, 1.807) is 23.3 Å². The molecule has 8 nitrogen and oxygen atoms in total. The lowest BCUT2D eigenvalue weighted by Gasteiger charge is -2.14. The van der Waals surface area contributed by atoms with Gasteiger partial charge in [-0.1, -0.05) is 6.07 Å². The Morgan fingerprint density at radius 1 is 1.00 bits per heavy atom. The molecule has 0 fully saturated rings. The van der Waals surface area contributed by atoms with E-state index < -0.39 is 0 Å². The molecule has 0 saturated carbocycles. The molecule has 5 rings (SSSR count). The fourth-order valence-corrected chi connectivity index (χ4v) is 4.40. The summed E-state index contributed by atoms with van der Waals surface area (Å²) in [6, 6.07) is 9.99. The summed E-state index contributed by atoms with van der Waals surface area (Å²) < 4.78 is 1.76. The molecule has 3 N–H and O–H groups in total. The average molecular weight is 466 g/mol. The summed E-state index contributed by atoms with van der Waals surface area (Å²) in [4.78, 5) is 26.3. The number of nitrogen functional groups attached to an aromatic ring is 1. The van der Waals surface area contributed by atoms with Gasteiger partial charge in [-0.05, 0) is 79.6 Å². The summed E-state index contributed by atoms with van der Waals surface area (Å²) in [5.74, 6) is 0.347. The number of aromatic nitrogens is 5. The second-order valence-corrected chi connectivity index (χ2v) is 8.92. The number of nitrogens with zero attached hydrogens (tertiary/aromatic N) is 5. The highest BCUT2D eigenvalue weighted by Crippen LogP contribution is 2.28. The van der Waals surface area contributed by atoms with Crippen LogP contribution in [0.1, 0.15) is 44.0 Å². The van der Waals surface area contributed by atoms with Crippen LogP contribution in [-0.4, -0.2) is 30.6 Å². The van der Waals surface area contributed by atoms with Crippen LogP contribution < -0.4 is 11.1 Å². The van der Waals surface area contributed by atoms with Crippen molar-refractivity contribution in [3.63, 3.8) is 0 Å². The molecule has 0 aliphatic rings. The monoisotopic (exact) mass is 465 g/mol. The van der Waals surface area contributed by atoms with E-state index in [2.05, 4.69) is 25.4 Å². The Morgan fingerprint density at radius 2 is 1.77 bits per heavy atom. The van der Waals surface area contributed by atoms with Crippen molar-refractivity contribution in [2.45, 2.75) is 40.8 Å². The fourth-order valence-electron chi connectivity index (χ4n) is 4.40. The Balaban J connectivity index is 1.30. The third kappa shape index (κ3) is 4.30. The van der Waals surface area contributed by atoms with Crippen LogP contribution in [0.15, 0.2) is 48.9 Å². The molecule has 0 atom stereocenters. The molecule has 0 aliphatic heterocycles. The Morgan fingerprint density at radius 3 is 2.57 bits per heavy atom. The second-order valence-electron chi connectivity index (χ2n) is 8.92. The molecule has 3 aromatic heterocycles. The molecule has 3 heterocycles. The van der Waals surface area contributed by atoms with Crippen LogP contribution in [-0.2, 0) is 13.1 Å². The van der Waals surface area contributed by atoms with Crippen molar-refractivity contribution in [2.75, 3.05) is 5.73 Å². The number of amides is 1. The lowest BCUT2D eigenvalue weighted by atomic mass is 9.96. The lowest BCUT2D eigenvalue weighted by molar-refractivity contribution is 0.0950. The molecule has 0 radical (unpaired) electrons. The Bertz CT molecular complexity index is 1600. The normalized spacial score (nSPS) is 11.3. The number of carbonyl (C=O) groups is 1. The number of nitrogens with two attached hydrogens (primary N) is 1. The van der Waals surface area contributed by atoms with Crippen molar-refractivity contribution < 1.29 is 4.79 Å². The minimum Gasteiger partial charge on any atom is -0.383 e. The molecular formula is C27H27N7O. The van der Waals surface area contributed by atoms with E-state index in [1.165, 1.54) is 0 Å². The quantitative estimate of drug-likeness (QED) is 0.403. The fraction of sp³-hybridized carbons (Fsp3) is 0.222. The van der Waals surface area contributed by atoms with E-state index in [1.807, 2.05) is 58.0 Å². The Kier molecular flexibility index (Phi) is 5.64. The summed E-state index contributed by atoms with van der Waals surface area (Å²) in [6.45, 7) is 8.95. The highest BCUT2D eigenvalue weighted by molar-refractivity contribution is 5.95. The summed E-state index contributed by atoms with van der Waals surface area (Å²) in [6.07, 6.45) is 5.06. The Labute approximate surface area is 203 Å². The highest BCUT2D eigenvalue weighted by Gasteiger charge is 2.13. The summed E-state index contributed by atoms with van der Waals surface area (Å²) >= 11 is 0. The molecule has 35 heavy (non-hydrogen) atoms. The molecule has 1 amide bonds. The van der Waals surface area contributed by atoms with Gasteiger partial charge in [-0.25, -0.2) is 15.0 Å². The first-order valence-corrected chi connectivity index (χ1v) is 11.5. The smallest absolute Gasteiger partial charge is 0.254 e. The van der Waals surface area contributed by atoms with Crippen molar-refractivity contribution in [3.05, 3.63) is 88.1 Å². The zero-order valence-corrected chi connectivity index (χ0v) is 20.3. The molecule has 0 saturated heterocycles. The van der Waals surface area contributed by atoms with Crippen molar-refractivity contribution in [2.24, 2.45) is 0 Å². The largest absolute Gasteiger partial charge is 0.383 e. The topological polar surface area (TPSA) is 112 Å². The summed E-state index contributed by atoms with van der Waals surface area (Å²) in [5.41, 5.74) is 14.4. The van der Waals surface area contributed by atoms with Gasteiger partial charge in [0.2, 0.25) is 0 Å². The van der Waals surface area contributed by atoms with Gasteiger partial charge in [0.05, 0.1) is 40.7 Å². The molecule has 8 heteroatoms. The van der Waals surface area contributed by atoms with E-state index >= 15 is 0 Å². The van der Waals surface area contributed by atoms with E-state index in [0.717, 1.165) is 55.4 Å². The summed E-state index contributed by atoms with van der Waals surface area (Å²) in [7, 11) is 0. The predicted molar refractivity (Wildman–Crippen MR) is 137 cm³/mol. The van der Waals surface area contributed by atoms with Gasteiger partial charge in [-0.15, -0.1) is 0 Å². The number of hydrogen-bond donors (Lipinski definition) is 2. The molecule has 176 valence electrons. The van der Waals surface area contributed by atoms with Crippen molar-refractivity contribution in [1.82, 2.24) is 30.0 Å². The van der Waals surface area contributed by atoms with Gasteiger partial charge in [-0.3, -0.25) is 9.48 Å². The maximum atomic E-state index is 12.9. The second kappa shape index (κ2) is 8.79. The maximum absolute atomic E-state index is 12.9. The number of anilines is 1. The number of rotatable bonds is 5. The van der Waals surface area contributed by atoms with Gasteiger partial charge in [0.1, 0.15) is 5.82 Å². The standard InChI is InChI=1S/C27H27N7O/c1-15-9-22-21(7-8-29-26(22)28)16(2)23(15)12-30-27(35)20-11-31-34(14-20)13-19-5-6-24-25(10-19)33-18(4)17(3)32-24/h5-11,14H,12-13H2,1-4H3,(H2,28,29)(H,30,35). The van der Waals surface area contributed by atoms with E-state index in [4.69, 9.17) is 5.73 Å². The van der Waals surface area contributed by atoms with E-state index in [0.29, 0.717) is 24.5 Å². The summed E-state index contributed by atoms with van der Waals surface area (Å²) in [5, 5.41) is 9.40. The van der Waals surface area contributed by atoms with Crippen LogP contribution >= 0.6 is 0 Å². The number of benzene rings is 2. The number of fused-ring (bicyclic) bond motifs is 2. The van der Waals surface area contributed by atoms with Gasteiger partial charge >= 0.3 is 0 Å². The van der Waals surface area contributed by atoms with Gasteiger partial charge in [0, 0.05) is 24.3 Å². The first kappa shape index (κ1) is 22.5. The number of carbonyl (C=O) groups excluding carboxylic acids is 1. The van der Waals surface area contributed by atoms with Crippen LogP contribution in [0, 0.1) is 27.7 Å². The Hall–Kier alpha value is -4.33. The molecule has 5 aromatic rings. The molecular weight excluding hydrogens is 438 g/mol. The third-order valence-corrected chi connectivity index (χ3v) is 6.52. The third-order valence-electron chi connectivity index (χ3n) is 6.52.